The van der Waals surface area contributed by atoms with E-state index in [2.05, 4.69) is 10.5 Å². The normalized spacial score (nSPS) is 12.4. The quantitative estimate of drug-likeness (QED) is 0.767. The summed E-state index contributed by atoms with van der Waals surface area (Å²) in [4.78, 5) is 11.9. The maximum Gasteiger partial charge on any atom is 0.224 e. The maximum atomic E-state index is 11.9. The molecule has 0 aliphatic carbocycles. The van der Waals surface area contributed by atoms with Crippen LogP contribution in [-0.2, 0) is 24.1 Å². The minimum atomic E-state index is -0.0523. The predicted molar refractivity (Wildman–Crippen MR) is 68.3 cm³/mol. The highest BCUT2D eigenvalue weighted by Crippen LogP contribution is 2.16. The lowest BCUT2D eigenvalue weighted by atomic mass is 10.1. The number of nitrogens with one attached hydrogen (secondary N) is 1. The number of nitrogens with zero attached hydrogens (tertiary/aromatic N) is 1. The first kappa shape index (κ1) is 14.7. The van der Waals surface area contributed by atoms with Crippen LogP contribution in [-0.4, -0.2) is 28.8 Å². The third-order valence-corrected chi connectivity index (χ3v) is 2.91. The molecule has 102 valence electrons. The number of hydrogen-bond donors (Lipinski definition) is 2. The molecule has 18 heavy (non-hydrogen) atoms. The van der Waals surface area contributed by atoms with Gasteiger partial charge in [-0.1, -0.05) is 19.0 Å². The molecule has 0 aromatic carbocycles. The zero-order valence-corrected chi connectivity index (χ0v) is 11.3. The van der Waals surface area contributed by atoms with E-state index in [4.69, 9.17) is 9.63 Å². The highest BCUT2D eigenvalue weighted by atomic mass is 16.5. The zero-order valence-electron chi connectivity index (χ0n) is 11.3. The maximum absolute atomic E-state index is 11.9. The van der Waals surface area contributed by atoms with Crippen molar-refractivity contribution in [3.63, 3.8) is 0 Å². The van der Waals surface area contributed by atoms with Crippen LogP contribution in [0.25, 0.3) is 0 Å². The molecule has 0 fully saturated rings. The smallest absolute Gasteiger partial charge is 0.224 e. The molecule has 1 amide bonds. The van der Waals surface area contributed by atoms with Gasteiger partial charge in [0.25, 0.3) is 0 Å². The number of carbonyl (C=O) groups excluding carboxylic acids is 1. The first-order chi connectivity index (χ1) is 8.62. The molecule has 0 radical (unpaired) electrons. The van der Waals surface area contributed by atoms with Crippen molar-refractivity contribution in [3.05, 3.63) is 17.0 Å². The van der Waals surface area contributed by atoms with Gasteiger partial charge >= 0.3 is 0 Å². The first-order valence-corrected chi connectivity index (χ1v) is 6.48. The van der Waals surface area contributed by atoms with E-state index in [9.17, 15) is 4.79 Å². The van der Waals surface area contributed by atoms with Crippen molar-refractivity contribution in [2.45, 2.75) is 52.5 Å². The minimum absolute atomic E-state index is 0.0162. The molecule has 0 saturated heterocycles. The third kappa shape index (κ3) is 3.84. The van der Waals surface area contributed by atoms with Gasteiger partial charge in [0.05, 0.1) is 12.1 Å². The summed E-state index contributed by atoms with van der Waals surface area (Å²) in [5.74, 6) is 0.736. The summed E-state index contributed by atoms with van der Waals surface area (Å²) in [6, 6.07) is -0.0162. The molecule has 1 heterocycles. The van der Waals surface area contributed by atoms with Gasteiger partial charge in [-0.25, -0.2) is 0 Å². The largest absolute Gasteiger partial charge is 0.396 e. The minimum Gasteiger partial charge on any atom is -0.396 e. The molecule has 0 saturated carbocycles. The molecule has 2 N–H and O–H groups in total. The molecule has 1 atom stereocenters. The molecule has 5 nitrogen and oxygen atoms in total. The van der Waals surface area contributed by atoms with Crippen molar-refractivity contribution < 1.29 is 14.4 Å². The van der Waals surface area contributed by atoms with Gasteiger partial charge in [0, 0.05) is 24.6 Å². The summed E-state index contributed by atoms with van der Waals surface area (Å²) in [6.07, 6.45) is 2.36. The van der Waals surface area contributed by atoms with Gasteiger partial charge in [-0.05, 0) is 19.8 Å². The van der Waals surface area contributed by atoms with Gasteiger partial charge < -0.3 is 14.9 Å². The van der Waals surface area contributed by atoms with E-state index in [1.807, 2.05) is 20.8 Å². The number of carbonyl (C=O) groups is 1. The van der Waals surface area contributed by atoms with Gasteiger partial charge in [0.1, 0.15) is 5.76 Å². The lowest BCUT2D eigenvalue weighted by Crippen LogP contribution is -2.34. The number of aromatic nitrogens is 1. The standard InChI is InChI=1S/C13H22N2O3/c1-4-11-10(12(5-2)18-15-11)8-13(17)14-9(3)6-7-16/h9,16H,4-8H2,1-3H3,(H,14,17). The lowest BCUT2D eigenvalue weighted by molar-refractivity contribution is -0.121. The average Bonchev–Trinajstić information content (AvgIpc) is 2.71. The Labute approximate surface area is 108 Å². The number of hydrogen-bond acceptors (Lipinski definition) is 4. The zero-order chi connectivity index (χ0) is 13.5. The molecule has 0 spiro atoms. The van der Waals surface area contributed by atoms with Gasteiger partial charge in [0.15, 0.2) is 0 Å². The van der Waals surface area contributed by atoms with Gasteiger partial charge in [-0.2, -0.15) is 0 Å². The molecule has 0 bridgehead atoms. The molecule has 0 aliphatic rings. The Morgan fingerprint density at radius 1 is 1.44 bits per heavy atom. The van der Waals surface area contributed by atoms with Gasteiger partial charge in [0.2, 0.25) is 5.91 Å². The summed E-state index contributed by atoms with van der Waals surface area (Å²) >= 11 is 0. The van der Waals surface area contributed by atoms with Crippen LogP contribution in [0.1, 0.15) is 44.2 Å². The average molecular weight is 254 g/mol. The Kier molecular flexibility index (Phi) is 5.85. The summed E-state index contributed by atoms with van der Waals surface area (Å²) in [7, 11) is 0. The van der Waals surface area contributed by atoms with Crippen molar-refractivity contribution in [1.82, 2.24) is 10.5 Å². The topological polar surface area (TPSA) is 75.4 Å². The van der Waals surface area contributed by atoms with E-state index in [1.165, 1.54) is 0 Å². The van der Waals surface area contributed by atoms with Gasteiger partial charge in [-0.3, -0.25) is 4.79 Å². The fraction of sp³-hybridized carbons (Fsp3) is 0.692. The van der Waals surface area contributed by atoms with Crippen LogP contribution >= 0.6 is 0 Å². The lowest BCUT2D eigenvalue weighted by Gasteiger charge is -2.12. The number of aliphatic hydroxyl groups is 1. The van der Waals surface area contributed by atoms with Crippen molar-refractivity contribution in [2.24, 2.45) is 0 Å². The van der Waals surface area contributed by atoms with Crippen LogP contribution < -0.4 is 5.32 Å². The second kappa shape index (κ2) is 7.16. The van der Waals surface area contributed by atoms with Gasteiger partial charge in [-0.15, -0.1) is 0 Å². The predicted octanol–water partition coefficient (Wildman–Crippen LogP) is 1.23. The van der Waals surface area contributed by atoms with Crippen LogP contribution in [0.2, 0.25) is 0 Å². The molecule has 5 heteroatoms. The Hall–Kier alpha value is -1.36. The summed E-state index contributed by atoms with van der Waals surface area (Å²) < 4.78 is 5.22. The van der Waals surface area contributed by atoms with Crippen molar-refractivity contribution >= 4 is 5.91 Å². The third-order valence-electron chi connectivity index (χ3n) is 2.91. The van der Waals surface area contributed by atoms with Crippen LogP contribution in [0, 0.1) is 0 Å². The number of aliphatic hydroxyl groups excluding tert-OH is 1. The first-order valence-electron chi connectivity index (χ1n) is 6.48. The Morgan fingerprint density at radius 3 is 2.72 bits per heavy atom. The van der Waals surface area contributed by atoms with Crippen LogP contribution in [0.4, 0.5) is 0 Å². The number of amides is 1. The van der Waals surface area contributed by atoms with E-state index in [0.29, 0.717) is 12.8 Å². The van der Waals surface area contributed by atoms with Crippen molar-refractivity contribution in [2.75, 3.05) is 6.61 Å². The Bertz CT molecular complexity index is 366. The summed E-state index contributed by atoms with van der Waals surface area (Å²) in [5, 5.41) is 15.6. The molecular formula is C13H22N2O3. The van der Waals surface area contributed by atoms with E-state index in [0.717, 1.165) is 29.9 Å². The van der Waals surface area contributed by atoms with Crippen molar-refractivity contribution in [3.8, 4) is 0 Å². The molecular weight excluding hydrogens is 232 g/mol. The Balaban J connectivity index is 2.66. The van der Waals surface area contributed by atoms with E-state index in [1.54, 1.807) is 0 Å². The van der Waals surface area contributed by atoms with Crippen LogP contribution in [0.3, 0.4) is 0 Å². The monoisotopic (exact) mass is 254 g/mol. The molecule has 0 aliphatic heterocycles. The molecule has 1 unspecified atom stereocenters. The molecule has 1 rings (SSSR count). The van der Waals surface area contributed by atoms with E-state index >= 15 is 0 Å². The van der Waals surface area contributed by atoms with Crippen molar-refractivity contribution in [1.29, 1.82) is 0 Å². The fourth-order valence-electron chi connectivity index (χ4n) is 1.89. The van der Waals surface area contributed by atoms with Crippen LogP contribution in [0.15, 0.2) is 4.52 Å². The molecule has 1 aromatic rings. The van der Waals surface area contributed by atoms with E-state index < -0.39 is 0 Å². The fourth-order valence-corrected chi connectivity index (χ4v) is 1.89. The highest BCUT2D eigenvalue weighted by molar-refractivity contribution is 5.79. The second-order valence-electron chi connectivity index (χ2n) is 4.40. The SMILES string of the molecule is CCc1noc(CC)c1CC(=O)NC(C)CCO. The highest BCUT2D eigenvalue weighted by Gasteiger charge is 2.17. The summed E-state index contributed by atoms with van der Waals surface area (Å²) in [5.41, 5.74) is 1.77. The second-order valence-corrected chi connectivity index (χ2v) is 4.40. The number of aryl methyl sites for hydroxylation is 2. The van der Waals surface area contributed by atoms with Crippen LogP contribution in [0.5, 0.6) is 0 Å². The molecule has 1 aromatic heterocycles. The number of rotatable bonds is 7. The van der Waals surface area contributed by atoms with E-state index in [-0.39, 0.29) is 18.6 Å². The Morgan fingerprint density at radius 2 is 2.17 bits per heavy atom. The summed E-state index contributed by atoms with van der Waals surface area (Å²) in [6.45, 7) is 5.93.